The van der Waals surface area contributed by atoms with E-state index in [1.165, 1.54) is 52.9 Å². The van der Waals surface area contributed by atoms with Crippen LogP contribution < -0.4 is 24.0 Å². The number of aromatic nitrogens is 1. The van der Waals surface area contributed by atoms with Crippen molar-refractivity contribution in [1.82, 2.24) is 4.57 Å². The Labute approximate surface area is 164 Å². The van der Waals surface area contributed by atoms with Crippen LogP contribution in [0.15, 0.2) is 54.0 Å². The van der Waals surface area contributed by atoms with Crippen LogP contribution in [-0.4, -0.2) is 29.2 Å². The molecule has 1 aromatic carbocycles. The van der Waals surface area contributed by atoms with Crippen molar-refractivity contribution in [3.05, 3.63) is 64.6 Å². The average molecular weight is 448 g/mol. The molecular weight excluding hydrogens is 427 g/mol. The number of nitrogens with zero attached hydrogens (tertiary/aromatic N) is 2. The molecule has 5 rings (SSSR count). The molecule has 0 bridgehead atoms. The lowest BCUT2D eigenvalue weighted by molar-refractivity contribution is -0.921. The molecule has 0 radical (unpaired) electrons. The van der Waals surface area contributed by atoms with Gasteiger partial charge in [-0.2, -0.15) is 0 Å². The first-order chi connectivity index (χ1) is 11.3. The van der Waals surface area contributed by atoms with Crippen molar-refractivity contribution in [2.45, 2.75) is 18.9 Å². The van der Waals surface area contributed by atoms with E-state index < -0.39 is 0 Å². The van der Waals surface area contributed by atoms with Gasteiger partial charge in [0.15, 0.2) is 6.04 Å². The van der Waals surface area contributed by atoms with Gasteiger partial charge in [-0.15, -0.1) is 11.3 Å². The molecule has 3 aromatic rings. The van der Waals surface area contributed by atoms with Gasteiger partial charge in [0.25, 0.3) is 0 Å². The summed E-state index contributed by atoms with van der Waals surface area (Å²) in [5.74, 6) is 0. The Morgan fingerprint density at radius 1 is 1.04 bits per heavy atom. The Morgan fingerprint density at radius 3 is 2.54 bits per heavy atom. The number of thiophene rings is 1. The molecule has 24 heavy (non-hydrogen) atoms. The Kier molecular flexibility index (Phi) is 4.09. The second kappa shape index (κ2) is 6.00. The van der Waals surface area contributed by atoms with Gasteiger partial charge in [0.1, 0.15) is 0 Å². The van der Waals surface area contributed by atoms with E-state index in [1.54, 1.807) is 4.88 Å². The maximum Gasteiger partial charge on any atom is 0.167 e. The summed E-state index contributed by atoms with van der Waals surface area (Å²) < 4.78 is 3.62. The molecule has 2 aliphatic heterocycles. The van der Waals surface area contributed by atoms with E-state index in [1.807, 2.05) is 11.3 Å². The summed E-state index contributed by atoms with van der Waals surface area (Å²) in [6, 6.07) is 15.9. The molecule has 1 atom stereocenters. The van der Waals surface area contributed by atoms with E-state index in [4.69, 9.17) is 0 Å². The van der Waals surface area contributed by atoms with Crippen molar-refractivity contribution in [2.24, 2.45) is 0 Å². The fourth-order valence-corrected chi connectivity index (χ4v) is 5.82. The van der Waals surface area contributed by atoms with Crippen molar-refractivity contribution < 1.29 is 28.5 Å². The number of halogens is 1. The summed E-state index contributed by atoms with van der Waals surface area (Å²) in [5.41, 5.74) is 5.62. The predicted octanol–water partition coefficient (Wildman–Crippen LogP) is 1.85. The third-order valence-electron chi connectivity index (χ3n) is 5.64. The number of rotatable bonds is 2. The highest BCUT2D eigenvalue weighted by Crippen LogP contribution is 2.51. The molecule has 2 nitrogen and oxygen atoms in total. The maximum absolute atomic E-state index is 2.45. The summed E-state index contributed by atoms with van der Waals surface area (Å²) >= 11 is 1.95. The van der Waals surface area contributed by atoms with Crippen LogP contribution in [0.4, 0.5) is 0 Å². The second-order valence-electron chi connectivity index (χ2n) is 7.07. The van der Waals surface area contributed by atoms with Gasteiger partial charge in [-0.25, -0.2) is 0 Å². The van der Waals surface area contributed by atoms with Gasteiger partial charge in [0, 0.05) is 30.0 Å². The minimum Gasteiger partial charge on any atom is -1.00 e. The van der Waals surface area contributed by atoms with E-state index in [2.05, 4.69) is 65.7 Å². The quantitative estimate of drug-likeness (QED) is 0.417. The normalized spacial score (nSPS) is 20.5. The molecule has 0 aliphatic carbocycles. The molecule has 124 valence electrons. The Balaban J connectivity index is 0.00000146. The summed E-state index contributed by atoms with van der Waals surface area (Å²) in [6.45, 7) is 2.60. The number of hydrogen-bond acceptors (Lipinski definition) is 1. The molecule has 4 heterocycles. The van der Waals surface area contributed by atoms with Crippen LogP contribution in [0.3, 0.4) is 0 Å². The summed E-state index contributed by atoms with van der Waals surface area (Å²) in [7, 11) is 2.45. The highest BCUT2D eigenvalue weighted by atomic mass is 127. The SMILES string of the molecule is C[N+]1(C2c3scc(-c4ccccc4)c3-n3cccc32)CCCC1.[I-]. The fourth-order valence-electron chi connectivity index (χ4n) is 4.50. The van der Waals surface area contributed by atoms with Crippen LogP contribution in [0.25, 0.3) is 16.8 Å². The van der Waals surface area contributed by atoms with Gasteiger partial charge in [-0.05, 0) is 17.7 Å². The first kappa shape index (κ1) is 16.4. The molecule has 2 aliphatic rings. The topological polar surface area (TPSA) is 4.93 Å². The zero-order valence-electron chi connectivity index (χ0n) is 13.8. The highest BCUT2D eigenvalue weighted by molar-refractivity contribution is 7.11. The van der Waals surface area contributed by atoms with Crippen molar-refractivity contribution in [1.29, 1.82) is 0 Å². The van der Waals surface area contributed by atoms with Crippen molar-refractivity contribution >= 4 is 11.3 Å². The molecule has 0 saturated carbocycles. The van der Waals surface area contributed by atoms with Gasteiger partial charge < -0.3 is 33.0 Å². The van der Waals surface area contributed by atoms with Gasteiger partial charge in [-0.3, -0.25) is 0 Å². The summed E-state index contributed by atoms with van der Waals surface area (Å²) in [6.07, 6.45) is 4.97. The lowest BCUT2D eigenvalue weighted by Gasteiger charge is -2.35. The Bertz CT molecular complexity index is 859. The Morgan fingerprint density at radius 2 is 1.79 bits per heavy atom. The monoisotopic (exact) mass is 448 g/mol. The van der Waals surface area contributed by atoms with E-state index in [0.717, 1.165) is 0 Å². The third-order valence-corrected chi connectivity index (χ3v) is 6.66. The molecule has 4 heteroatoms. The zero-order chi connectivity index (χ0) is 15.4. The second-order valence-corrected chi connectivity index (χ2v) is 7.98. The lowest BCUT2D eigenvalue weighted by Crippen LogP contribution is -3.00. The average Bonchev–Trinajstić information content (AvgIpc) is 3.30. The van der Waals surface area contributed by atoms with Crippen LogP contribution >= 0.6 is 11.3 Å². The van der Waals surface area contributed by atoms with Crippen LogP contribution in [0.1, 0.15) is 29.5 Å². The number of fused-ring (bicyclic) bond motifs is 3. The lowest BCUT2D eigenvalue weighted by atomic mass is 10.1. The molecule has 1 fully saturated rings. The predicted molar refractivity (Wildman–Crippen MR) is 96.1 cm³/mol. The van der Waals surface area contributed by atoms with E-state index in [9.17, 15) is 0 Å². The van der Waals surface area contributed by atoms with Gasteiger partial charge >= 0.3 is 0 Å². The smallest absolute Gasteiger partial charge is 0.167 e. The molecule has 0 spiro atoms. The molecule has 0 N–H and O–H groups in total. The van der Waals surface area contributed by atoms with Gasteiger partial charge in [-0.1, -0.05) is 30.3 Å². The molecule has 0 amide bonds. The minimum atomic E-state index is 0. The van der Waals surface area contributed by atoms with Crippen LogP contribution in [0, 0.1) is 0 Å². The first-order valence-electron chi connectivity index (χ1n) is 8.47. The molecule has 1 unspecified atom stereocenters. The van der Waals surface area contributed by atoms with Crippen LogP contribution in [0.2, 0.25) is 0 Å². The Hall–Kier alpha value is -1.11. The molecule has 1 saturated heterocycles. The van der Waals surface area contributed by atoms with Crippen molar-refractivity contribution in [3.63, 3.8) is 0 Å². The fraction of sp³-hybridized carbons (Fsp3) is 0.300. The largest absolute Gasteiger partial charge is 1.00 e. The summed E-state index contributed by atoms with van der Waals surface area (Å²) in [4.78, 5) is 1.56. The van der Waals surface area contributed by atoms with E-state index in [0.29, 0.717) is 6.04 Å². The standard InChI is InChI=1S/C20H21N2S.HI/c1-22(12-5-6-13-22)19-17-10-7-11-21(17)18-16(14-23-20(18)19)15-8-3-2-4-9-15;/h2-4,7-11,14,19H,5-6,12-13H2,1H3;1H/q+1;/p-1. The molecular formula is C20H21IN2S. The van der Waals surface area contributed by atoms with Gasteiger partial charge in [0.05, 0.1) is 36.4 Å². The van der Waals surface area contributed by atoms with Crippen molar-refractivity contribution in [3.8, 4) is 16.8 Å². The summed E-state index contributed by atoms with van der Waals surface area (Å²) in [5, 5.41) is 2.36. The number of benzene rings is 1. The van der Waals surface area contributed by atoms with Gasteiger partial charge in [0.2, 0.25) is 0 Å². The highest BCUT2D eigenvalue weighted by Gasteiger charge is 2.46. The van der Waals surface area contributed by atoms with Crippen LogP contribution in [0.5, 0.6) is 0 Å². The van der Waals surface area contributed by atoms with Crippen LogP contribution in [-0.2, 0) is 0 Å². The minimum absolute atomic E-state index is 0. The molecule has 2 aromatic heterocycles. The van der Waals surface area contributed by atoms with Crippen molar-refractivity contribution in [2.75, 3.05) is 20.1 Å². The third kappa shape index (κ3) is 2.23. The maximum atomic E-state index is 2.45. The van der Waals surface area contributed by atoms with E-state index in [-0.39, 0.29) is 24.0 Å². The van der Waals surface area contributed by atoms with E-state index >= 15 is 0 Å². The number of quaternary nitrogens is 1. The number of likely N-dealkylation sites (tertiary alicyclic amines) is 1. The zero-order valence-corrected chi connectivity index (χ0v) is 16.8. The number of hydrogen-bond donors (Lipinski definition) is 0. The first-order valence-corrected chi connectivity index (χ1v) is 9.34.